The maximum absolute atomic E-state index is 14.0. The molecule has 9 heteroatoms. The third-order valence-electron chi connectivity index (χ3n) is 7.06. The summed E-state index contributed by atoms with van der Waals surface area (Å²) in [6, 6.07) is 20.6. The summed E-state index contributed by atoms with van der Waals surface area (Å²) in [6.07, 6.45) is 0. The summed E-state index contributed by atoms with van der Waals surface area (Å²) < 4.78 is 26.2. The van der Waals surface area contributed by atoms with E-state index in [1.54, 1.807) is 38.8 Å². The molecule has 2 heterocycles. The smallest absolute Gasteiger partial charge is 0.277 e. The van der Waals surface area contributed by atoms with E-state index < -0.39 is 17.3 Å². The van der Waals surface area contributed by atoms with Gasteiger partial charge in [0.2, 0.25) is 5.91 Å². The lowest BCUT2D eigenvalue weighted by Crippen LogP contribution is -2.64. The Morgan fingerprint density at radius 3 is 2.49 bits per heavy atom. The number of methoxy groups -OCH3 is 2. The highest BCUT2D eigenvalue weighted by Crippen LogP contribution is 2.36. The zero-order valence-corrected chi connectivity index (χ0v) is 22.2. The molecule has 0 saturated carbocycles. The average Bonchev–Trinajstić information content (AvgIpc) is 3.37. The molecule has 3 aromatic carbocycles. The Bertz CT molecular complexity index is 1550. The molecular formula is C30H29FN4O4. The number of benzene rings is 3. The predicted molar refractivity (Wildman–Crippen MR) is 145 cm³/mol. The Hall–Kier alpha value is -4.66. The van der Waals surface area contributed by atoms with Gasteiger partial charge in [-0.3, -0.25) is 19.2 Å². The molecular weight excluding hydrogens is 499 g/mol. The molecule has 4 aromatic rings. The summed E-state index contributed by atoms with van der Waals surface area (Å²) in [7, 11) is 3.16. The maximum Gasteiger partial charge on any atom is 0.277 e. The van der Waals surface area contributed by atoms with Crippen molar-refractivity contribution in [2.45, 2.75) is 32.5 Å². The lowest BCUT2D eigenvalue weighted by atomic mass is 9.93. The van der Waals surface area contributed by atoms with Crippen LogP contribution in [-0.4, -0.2) is 41.4 Å². The van der Waals surface area contributed by atoms with Crippen LogP contribution in [-0.2, 0) is 17.9 Å². The van der Waals surface area contributed by atoms with Crippen LogP contribution in [0.5, 0.6) is 11.5 Å². The molecule has 0 radical (unpaired) electrons. The van der Waals surface area contributed by atoms with Crippen molar-refractivity contribution >= 4 is 17.5 Å². The summed E-state index contributed by atoms with van der Waals surface area (Å²) in [5.41, 5.74) is 2.15. The molecule has 0 saturated heterocycles. The number of anilines is 1. The molecule has 1 N–H and O–H groups in total. The minimum atomic E-state index is -1.36. The number of para-hydroxylation sites is 1. The van der Waals surface area contributed by atoms with E-state index in [-0.39, 0.29) is 19.0 Å². The number of ether oxygens (including phenoxy) is 2. The van der Waals surface area contributed by atoms with Crippen LogP contribution in [0.2, 0.25) is 0 Å². The van der Waals surface area contributed by atoms with Crippen molar-refractivity contribution in [3.63, 3.8) is 0 Å². The molecule has 1 aromatic heterocycles. The topological polar surface area (TPSA) is 85.7 Å². The standard InChI is InChI=1S/C30H29FN4O4/c1-19-15-22(31)11-14-25(19)35-28(36)26-16-24(20-9-12-23(38-3)13-10-20)33-34(26)18-30(35,2)29(37)32-17-21-7-5-6-8-27(21)39-4/h5-16H,17-18H2,1-4H3,(H,32,37)/t30-/m1/s1. The van der Waals surface area contributed by atoms with Gasteiger partial charge in [0.25, 0.3) is 5.91 Å². The van der Waals surface area contributed by atoms with Gasteiger partial charge in [-0.2, -0.15) is 5.10 Å². The SMILES string of the molecule is COc1ccc(-c2cc3n(n2)C[C@](C)(C(=O)NCc2ccccc2OC)N(c2ccc(F)cc2C)C3=O)cc1. The van der Waals surface area contributed by atoms with Crippen LogP contribution in [0.15, 0.2) is 72.8 Å². The van der Waals surface area contributed by atoms with Gasteiger partial charge in [-0.1, -0.05) is 18.2 Å². The first-order valence-corrected chi connectivity index (χ1v) is 12.5. The van der Waals surface area contributed by atoms with Gasteiger partial charge in [0.1, 0.15) is 28.5 Å². The number of nitrogens with one attached hydrogen (secondary N) is 1. The number of nitrogens with zero attached hydrogens (tertiary/aromatic N) is 3. The predicted octanol–water partition coefficient (Wildman–Crippen LogP) is 4.75. The first kappa shape index (κ1) is 26.0. The van der Waals surface area contributed by atoms with E-state index in [0.717, 1.165) is 11.1 Å². The highest BCUT2D eigenvalue weighted by molar-refractivity contribution is 6.12. The second kappa shape index (κ2) is 10.2. The summed E-state index contributed by atoms with van der Waals surface area (Å²) in [6.45, 7) is 3.71. The zero-order valence-electron chi connectivity index (χ0n) is 22.2. The molecule has 0 unspecified atom stereocenters. The molecule has 1 atom stereocenters. The van der Waals surface area contributed by atoms with Crippen LogP contribution in [0.3, 0.4) is 0 Å². The van der Waals surface area contributed by atoms with Gasteiger partial charge >= 0.3 is 0 Å². The Morgan fingerprint density at radius 2 is 1.79 bits per heavy atom. The number of aryl methyl sites for hydroxylation is 1. The fraction of sp³-hybridized carbons (Fsp3) is 0.233. The minimum Gasteiger partial charge on any atom is -0.497 e. The number of fused-ring (bicyclic) bond motifs is 1. The van der Waals surface area contributed by atoms with E-state index in [1.165, 1.54) is 23.1 Å². The van der Waals surface area contributed by atoms with Gasteiger partial charge in [0, 0.05) is 23.4 Å². The van der Waals surface area contributed by atoms with E-state index in [4.69, 9.17) is 9.47 Å². The van der Waals surface area contributed by atoms with E-state index >= 15 is 0 Å². The second-order valence-electron chi connectivity index (χ2n) is 9.64. The first-order chi connectivity index (χ1) is 18.7. The summed E-state index contributed by atoms with van der Waals surface area (Å²) in [5, 5.41) is 7.66. The number of aromatic nitrogens is 2. The van der Waals surface area contributed by atoms with Crippen molar-refractivity contribution in [2.24, 2.45) is 0 Å². The molecule has 0 fully saturated rings. The highest BCUT2D eigenvalue weighted by Gasteiger charge is 2.49. The summed E-state index contributed by atoms with van der Waals surface area (Å²) in [4.78, 5) is 29.4. The number of hydrogen-bond donors (Lipinski definition) is 1. The van der Waals surface area contributed by atoms with E-state index in [2.05, 4.69) is 10.4 Å². The molecule has 200 valence electrons. The van der Waals surface area contributed by atoms with E-state index in [9.17, 15) is 14.0 Å². The van der Waals surface area contributed by atoms with Crippen LogP contribution in [0, 0.1) is 12.7 Å². The van der Waals surface area contributed by atoms with Crippen molar-refractivity contribution in [2.75, 3.05) is 19.1 Å². The number of carbonyl (C=O) groups excluding carboxylic acids is 2. The minimum absolute atomic E-state index is 0.0960. The van der Waals surface area contributed by atoms with Gasteiger partial charge in [-0.05, 0) is 74.0 Å². The number of halogens is 1. The van der Waals surface area contributed by atoms with Gasteiger partial charge in [-0.25, -0.2) is 4.39 Å². The summed E-state index contributed by atoms with van der Waals surface area (Å²) in [5.74, 6) is 0.147. The van der Waals surface area contributed by atoms with E-state index in [0.29, 0.717) is 34.1 Å². The first-order valence-electron chi connectivity index (χ1n) is 12.5. The fourth-order valence-electron chi connectivity index (χ4n) is 4.95. The quantitative estimate of drug-likeness (QED) is 0.374. The Labute approximate surface area is 226 Å². The molecule has 5 rings (SSSR count). The lowest BCUT2D eigenvalue weighted by molar-refractivity contribution is -0.126. The Kier molecular flexibility index (Phi) is 6.82. The number of rotatable bonds is 7. The number of carbonyl (C=O) groups is 2. The Balaban J connectivity index is 1.55. The molecule has 1 aliphatic rings. The molecule has 0 spiro atoms. The number of amides is 2. The third kappa shape index (κ3) is 4.71. The van der Waals surface area contributed by atoms with Crippen molar-refractivity contribution in [1.82, 2.24) is 15.1 Å². The summed E-state index contributed by atoms with van der Waals surface area (Å²) >= 11 is 0. The third-order valence-corrected chi connectivity index (χ3v) is 7.06. The Morgan fingerprint density at radius 1 is 1.05 bits per heavy atom. The average molecular weight is 529 g/mol. The molecule has 0 aliphatic carbocycles. The van der Waals surface area contributed by atoms with Crippen LogP contribution in [0.25, 0.3) is 11.3 Å². The normalized spacial score (nSPS) is 16.5. The van der Waals surface area contributed by atoms with Crippen molar-refractivity contribution in [3.05, 3.63) is 95.4 Å². The lowest BCUT2D eigenvalue weighted by Gasteiger charge is -2.43. The van der Waals surface area contributed by atoms with Crippen LogP contribution in [0.1, 0.15) is 28.5 Å². The van der Waals surface area contributed by atoms with Gasteiger partial charge in [0.15, 0.2) is 0 Å². The van der Waals surface area contributed by atoms with Crippen molar-refractivity contribution in [3.8, 4) is 22.8 Å². The van der Waals surface area contributed by atoms with Crippen LogP contribution >= 0.6 is 0 Å². The maximum atomic E-state index is 14.0. The van der Waals surface area contributed by atoms with Crippen LogP contribution < -0.4 is 19.7 Å². The van der Waals surface area contributed by atoms with Crippen molar-refractivity contribution < 1.29 is 23.5 Å². The number of hydrogen-bond acceptors (Lipinski definition) is 5. The molecule has 1 aliphatic heterocycles. The van der Waals surface area contributed by atoms with Crippen LogP contribution in [0.4, 0.5) is 10.1 Å². The highest BCUT2D eigenvalue weighted by atomic mass is 19.1. The molecule has 2 amide bonds. The largest absolute Gasteiger partial charge is 0.497 e. The second-order valence-corrected chi connectivity index (χ2v) is 9.64. The molecule has 0 bridgehead atoms. The molecule has 8 nitrogen and oxygen atoms in total. The zero-order chi connectivity index (χ0) is 27.7. The molecule has 39 heavy (non-hydrogen) atoms. The van der Waals surface area contributed by atoms with Gasteiger partial charge in [0.05, 0.1) is 26.5 Å². The van der Waals surface area contributed by atoms with Gasteiger partial charge < -0.3 is 14.8 Å². The van der Waals surface area contributed by atoms with Crippen molar-refractivity contribution in [1.29, 1.82) is 0 Å². The monoisotopic (exact) mass is 528 g/mol. The fourth-order valence-corrected chi connectivity index (χ4v) is 4.95. The van der Waals surface area contributed by atoms with Gasteiger partial charge in [-0.15, -0.1) is 0 Å². The van der Waals surface area contributed by atoms with E-state index in [1.807, 2.05) is 48.5 Å².